The molecular weight excluding hydrogens is 202 g/mol. The van der Waals surface area contributed by atoms with Gasteiger partial charge in [-0.2, -0.15) is 0 Å². The minimum Gasteiger partial charge on any atom is -0.458 e. The molecule has 16 heavy (non-hydrogen) atoms. The fourth-order valence-electron chi connectivity index (χ4n) is 2.23. The summed E-state index contributed by atoms with van der Waals surface area (Å²) in [5, 5.41) is 0. The number of ether oxygens (including phenoxy) is 1. The molecule has 1 fully saturated rings. The quantitative estimate of drug-likeness (QED) is 0.547. The molecule has 1 saturated carbocycles. The van der Waals surface area contributed by atoms with Crippen molar-refractivity contribution in [1.82, 2.24) is 0 Å². The van der Waals surface area contributed by atoms with Gasteiger partial charge in [0.2, 0.25) is 0 Å². The molecule has 3 nitrogen and oxygen atoms in total. The smallest absolute Gasteiger partial charge is 0.331 e. The monoisotopic (exact) mass is 225 g/mol. The van der Waals surface area contributed by atoms with Gasteiger partial charge in [-0.3, -0.25) is 4.99 Å². The van der Waals surface area contributed by atoms with Crippen molar-refractivity contribution in [1.29, 1.82) is 0 Å². The Balaban J connectivity index is 2.58. The highest BCUT2D eigenvalue weighted by Crippen LogP contribution is 2.29. The zero-order valence-corrected chi connectivity index (χ0v) is 10.7. The number of carbonyl (C=O) groups excluding carboxylic acids is 1. The van der Waals surface area contributed by atoms with Crippen LogP contribution in [0.15, 0.2) is 4.99 Å². The second-order valence-electron chi connectivity index (χ2n) is 5.56. The first-order valence-electron chi connectivity index (χ1n) is 6.13. The molecule has 3 heteroatoms. The molecule has 0 radical (unpaired) electrons. The number of hydrogen-bond donors (Lipinski definition) is 0. The van der Waals surface area contributed by atoms with E-state index in [2.05, 4.69) is 11.7 Å². The molecule has 1 atom stereocenters. The summed E-state index contributed by atoms with van der Waals surface area (Å²) in [5.74, 6) is 0.121. The van der Waals surface area contributed by atoms with Crippen molar-refractivity contribution in [3.05, 3.63) is 0 Å². The highest BCUT2D eigenvalue weighted by atomic mass is 16.6. The van der Waals surface area contributed by atoms with Crippen molar-refractivity contribution >= 4 is 12.7 Å². The van der Waals surface area contributed by atoms with Gasteiger partial charge in [0.1, 0.15) is 11.6 Å². The Morgan fingerprint density at radius 3 is 2.31 bits per heavy atom. The maximum Gasteiger partial charge on any atom is 0.331 e. The number of esters is 1. The van der Waals surface area contributed by atoms with Crippen LogP contribution in [-0.4, -0.2) is 24.3 Å². The summed E-state index contributed by atoms with van der Waals surface area (Å²) >= 11 is 0. The van der Waals surface area contributed by atoms with E-state index < -0.39 is 5.60 Å². The summed E-state index contributed by atoms with van der Waals surface area (Å²) in [6, 6.07) is -0.362. The van der Waals surface area contributed by atoms with Crippen molar-refractivity contribution < 1.29 is 9.53 Å². The summed E-state index contributed by atoms with van der Waals surface area (Å²) in [6.45, 7) is 9.18. The Hall–Kier alpha value is -0.860. The number of aliphatic imine (C=N–C) groups is 1. The van der Waals surface area contributed by atoms with E-state index in [0.29, 0.717) is 5.92 Å². The highest BCUT2D eigenvalue weighted by molar-refractivity contribution is 5.77. The fraction of sp³-hybridized carbons (Fsp3) is 0.846. The average Bonchev–Trinajstić information content (AvgIpc) is 2.17. The van der Waals surface area contributed by atoms with Crippen LogP contribution in [0.3, 0.4) is 0 Å². The Morgan fingerprint density at radius 1 is 1.31 bits per heavy atom. The van der Waals surface area contributed by atoms with Crippen LogP contribution in [0.2, 0.25) is 0 Å². The minimum atomic E-state index is -0.436. The normalized spacial score (nSPS) is 20.2. The Kier molecular flexibility index (Phi) is 4.51. The van der Waals surface area contributed by atoms with Crippen molar-refractivity contribution in [2.75, 3.05) is 0 Å². The largest absolute Gasteiger partial charge is 0.458 e. The van der Waals surface area contributed by atoms with Gasteiger partial charge < -0.3 is 4.74 Å². The topological polar surface area (TPSA) is 38.7 Å². The summed E-state index contributed by atoms with van der Waals surface area (Å²) in [5.41, 5.74) is -0.436. The van der Waals surface area contributed by atoms with Crippen molar-refractivity contribution in [3.63, 3.8) is 0 Å². The summed E-state index contributed by atoms with van der Waals surface area (Å²) in [7, 11) is 0. The molecule has 0 aromatic heterocycles. The van der Waals surface area contributed by atoms with Crippen molar-refractivity contribution in [2.45, 2.75) is 64.5 Å². The van der Waals surface area contributed by atoms with Gasteiger partial charge in [0.05, 0.1) is 0 Å². The second-order valence-corrected chi connectivity index (χ2v) is 5.56. The molecule has 1 unspecified atom stereocenters. The third-order valence-electron chi connectivity index (χ3n) is 2.94. The second kappa shape index (κ2) is 5.46. The maximum absolute atomic E-state index is 11.9. The molecule has 1 aliphatic rings. The molecule has 0 N–H and O–H groups in total. The predicted molar refractivity (Wildman–Crippen MR) is 65.8 cm³/mol. The minimum absolute atomic E-state index is 0.214. The van der Waals surface area contributed by atoms with Gasteiger partial charge in [-0.15, -0.1) is 0 Å². The van der Waals surface area contributed by atoms with Gasteiger partial charge in [-0.05, 0) is 46.2 Å². The SMILES string of the molecule is C=NC(C(=O)OC(C)(C)C)C1CCCCC1. The van der Waals surface area contributed by atoms with E-state index in [-0.39, 0.29) is 12.0 Å². The van der Waals surface area contributed by atoms with E-state index >= 15 is 0 Å². The Labute approximate surface area is 98.3 Å². The van der Waals surface area contributed by atoms with E-state index in [9.17, 15) is 4.79 Å². The average molecular weight is 225 g/mol. The van der Waals surface area contributed by atoms with Crippen LogP contribution in [0.1, 0.15) is 52.9 Å². The zero-order chi connectivity index (χ0) is 12.2. The van der Waals surface area contributed by atoms with Gasteiger partial charge in [0.15, 0.2) is 0 Å². The molecule has 0 saturated heterocycles. The maximum atomic E-state index is 11.9. The number of carbonyl (C=O) groups is 1. The third kappa shape index (κ3) is 3.95. The lowest BCUT2D eigenvalue weighted by Crippen LogP contribution is -2.36. The van der Waals surface area contributed by atoms with E-state index in [0.717, 1.165) is 12.8 Å². The van der Waals surface area contributed by atoms with E-state index in [4.69, 9.17) is 4.74 Å². The molecule has 0 bridgehead atoms. The summed E-state index contributed by atoms with van der Waals surface area (Å²) < 4.78 is 5.37. The molecule has 0 aromatic carbocycles. The van der Waals surface area contributed by atoms with Gasteiger partial charge >= 0.3 is 5.97 Å². The lowest BCUT2D eigenvalue weighted by molar-refractivity contribution is -0.158. The van der Waals surface area contributed by atoms with E-state index in [1.165, 1.54) is 19.3 Å². The standard InChI is InChI=1S/C13H23NO2/c1-13(2,3)16-12(15)11(14-4)10-8-6-5-7-9-10/h10-11H,4-9H2,1-3H3. The summed E-state index contributed by atoms with van der Waals surface area (Å²) in [4.78, 5) is 15.9. The molecular formula is C13H23NO2. The van der Waals surface area contributed by atoms with Crippen LogP contribution in [-0.2, 0) is 9.53 Å². The van der Waals surface area contributed by atoms with Crippen LogP contribution in [0.4, 0.5) is 0 Å². The van der Waals surface area contributed by atoms with Crippen LogP contribution >= 0.6 is 0 Å². The molecule has 0 heterocycles. The fourth-order valence-corrected chi connectivity index (χ4v) is 2.23. The molecule has 0 aromatic rings. The number of rotatable bonds is 3. The van der Waals surface area contributed by atoms with Gasteiger partial charge in [0.25, 0.3) is 0 Å². The van der Waals surface area contributed by atoms with Crippen LogP contribution in [0, 0.1) is 5.92 Å². The molecule has 0 spiro atoms. The zero-order valence-electron chi connectivity index (χ0n) is 10.7. The van der Waals surface area contributed by atoms with Gasteiger partial charge in [0, 0.05) is 0 Å². The summed E-state index contributed by atoms with van der Waals surface area (Å²) in [6.07, 6.45) is 5.81. The Bertz CT molecular complexity index is 249. The van der Waals surface area contributed by atoms with Crippen LogP contribution in [0.25, 0.3) is 0 Å². The molecule has 1 aliphatic carbocycles. The van der Waals surface area contributed by atoms with E-state index in [1.54, 1.807) is 0 Å². The van der Waals surface area contributed by atoms with Crippen LogP contribution < -0.4 is 0 Å². The molecule has 0 aliphatic heterocycles. The highest BCUT2D eigenvalue weighted by Gasteiger charge is 2.31. The predicted octanol–water partition coefficient (Wildman–Crippen LogP) is 2.98. The molecule has 0 amide bonds. The van der Waals surface area contributed by atoms with Crippen molar-refractivity contribution in [2.24, 2.45) is 10.9 Å². The van der Waals surface area contributed by atoms with Gasteiger partial charge in [-0.1, -0.05) is 19.3 Å². The third-order valence-corrected chi connectivity index (χ3v) is 2.94. The molecule has 92 valence electrons. The van der Waals surface area contributed by atoms with Crippen molar-refractivity contribution in [3.8, 4) is 0 Å². The lowest BCUT2D eigenvalue weighted by atomic mass is 9.84. The first kappa shape index (κ1) is 13.2. The Morgan fingerprint density at radius 2 is 1.88 bits per heavy atom. The van der Waals surface area contributed by atoms with Gasteiger partial charge in [-0.25, -0.2) is 4.79 Å². The number of nitrogens with zero attached hydrogens (tertiary/aromatic N) is 1. The first-order chi connectivity index (χ1) is 7.44. The lowest BCUT2D eigenvalue weighted by Gasteiger charge is -2.28. The van der Waals surface area contributed by atoms with E-state index in [1.807, 2.05) is 20.8 Å². The molecule has 1 rings (SSSR count). The number of hydrogen-bond acceptors (Lipinski definition) is 3. The first-order valence-corrected chi connectivity index (χ1v) is 6.13. The van der Waals surface area contributed by atoms with Crippen LogP contribution in [0.5, 0.6) is 0 Å².